The molecule has 9 rings (SSSR count). The van der Waals surface area contributed by atoms with Gasteiger partial charge in [-0.2, -0.15) is 0 Å². The number of piperazine rings is 1. The second-order valence-electron chi connectivity index (χ2n) is 21.4. The van der Waals surface area contributed by atoms with E-state index in [9.17, 15) is 14.7 Å². The number of aliphatic hydroxyl groups is 1. The number of fused-ring (bicyclic) bond motifs is 4. The van der Waals surface area contributed by atoms with Crippen LogP contribution in [0.15, 0.2) is 0 Å². The summed E-state index contributed by atoms with van der Waals surface area (Å²) in [5, 5.41) is 12.7. The van der Waals surface area contributed by atoms with Crippen LogP contribution in [0, 0.1) is 56.7 Å². The van der Waals surface area contributed by atoms with E-state index >= 15 is 0 Å². The Morgan fingerprint density at radius 2 is 1.43 bits per heavy atom. The van der Waals surface area contributed by atoms with Crippen molar-refractivity contribution in [3.05, 3.63) is 0 Å². The molecular weight excluding hydrogens is 681 g/mol. The van der Waals surface area contributed by atoms with Gasteiger partial charge in [0.1, 0.15) is 12.2 Å². The molecule has 9 aliphatic rings. The SMILES string of the molecule is CC(C)[C@@H](OC(=O)N1CCC1)[C@H]1C[C@@H](C)[C@H]2[C@H](O1)[C@H](O)[C@@]1(C)[C@@H]3CC[C@H]4C(C)(C)[C@@H](OC(=O)N5CCN(CCN6CCC6)CC5)CC[C@@]45CC35CC[C@]21C. The van der Waals surface area contributed by atoms with Gasteiger partial charge in [0.05, 0.1) is 18.3 Å². The maximum Gasteiger partial charge on any atom is 0.410 e. The highest BCUT2D eigenvalue weighted by Gasteiger charge is 2.85. The molecule has 9 fully saturated rings. The standard InChI is InChI=1S/C44H72N4O6/c1-28(2)35(54-39(51)47-18-9-19-47)30-26-29(3)34-36(52-30)37(49)42(7)32-11-10-31-40(4,5)33(12-13-43(31)27-44(32,43)15-14-41(34,42)6)53-38(50)48-24-22-46(23-25-48)21-20-45-16-8-17-45/h28-37,49H,8-27H2,1-7H3/t29-,30-,31+,32+,33+,34+,35-,36+,37+,41-,42-,43-,44?/m1/s1. The number of amides is 2. The number of carbonyl (C=O) groups excluding carboxylic acids is 2. The molecule has 304 valence electrons. The molecule has 1 unspecified atom stereocenters. The third-order valence-corrected chi connectivity index (χ3v) is 18.7. The van der Waals surface area contributed by atoms with E-state index < -0.39 is 6.10 Å². The fraction of sp³-hybridized carbons (Fsp3) is 0.955. The van der Waals surface area contributed by atoms with E-state index in [0.29, 0.717) is 17.8 Å². The first-order valence-corrected chi connectivity index (χ1v) is 22.4. The van der Waals surface area contributed by atoms with Crippen LogP contribution in [0.4, 0.5) is 9.59 Å². The number of rotatable bonds is 7. The second kappa shape index (κ2) is 13.2. The molecule has 2 amide bonds. The molecule has 5 saturated carbocycles. The van der Waals surface area contributed by atoms with Crippen molar-refractivity contribution in [1.29, 1.82) is 0 Å². The number of aliphatic hydroxyl groups excluding tert-OH is 1. The summed E-state index contributed by atoms with van der Waals surface area (Å²) >= 11 is 0. The van der Waals surface area contributed by atoms with Gasteiger partial charge in [-0.05, 0) is 123 Å². The molecule has 4 heterocycles. The fourth-order valence-corrected chi connectivity index (χ4v) is 15.3. The molecule has 0 aromatic heterocycles. The highest BCUT2D eigenvalue weighted by Crippen LogP contribution is 2.89. The van der Waals surface area contributed by atoms with Crippen molar-refractivity contribution >= 4 is 12.2 Å². The zero-order chi connectivity index (χ0) is 38.0. The molecule has 0 bridgehead atoms. The van der Waals surface area contributed by atoms with Crippen LogP contribution >= 0.6 is 0 Å². The molecule has 54 heavy (non-hydrogen) atoms. The molecule has 10 nitrogen and oxygen atoms in total. The lowest BCUT2D eigenvalue weighted by Gasteiger charge is -2.63. The Labute approximate surface area is 325 Å². The number of ether oxygens (including phenoxy) is 3. The molecule has 0 aromatic carbocycles. The Hall–Kier alpha value is -1.62. The van der Waals surface area contributed by atoms with Crippen LogP contribution in [0.1, 0.15) is 113 Å². The van der Waals surface area contributed by atoms with Gasteiger partial charge in [-0.25, -0.2) is 9.59 Å². The van der Waals surface area contributed by atoms with E-state index in [-0.39, 0.29) is 75.5 Å². The highest BCUT2D eigenvalue weighted by molar-refractivity contribution is 5.69. The lowest BCUT2D eigenvalue weighted by molar-refractivity contribution is -0.185. The number of hydrogen-bond donors (Lipinski definition) is 1. The monoisotopic (exact) mass is 753 g/mol. The summed E-state index contributed by atoms with van der Waals surface area (Å²) in [5.74, 6) is 1.76. The summed E-state index contributed by atoms with van der Waals surface area (Å²) in [6.45, 7) is 26.1. The van der Waals surface area contributed by atoms with Crippen molar-refractivity contribution in [3.63, 3.8) is 0 Å². The predicted octanol–water partition coefficient (Wildman–Crippen LogP) is 6.50. The predicted molar refractivity (Wildman–Crippen MR) is 207 cm³/mol. The smallest absolute Gasteiger partial charge is 0.410 e. The minimum Gasteiger partial charge on any atom is -0.446 e. The summed E-state index contributed by atoms with van der Waals surface area (Å²) in [5.41, 5.74) is 0.162. The Morgan fingerprint density at radius 1 is 0.796 bits per heavy atom. The van der Waals surface area contributed by atoms with Crippen LogP contribution in [-0.4, -0.2) is 133 Å². The molecule has 13 atom stereocenters. The van der Waals surface area contributed by atoms with Gasteiger partial charge in [0, 0.05) is 63.2 Å². The van der Waals surface area contributed by atoms with Crippen LogP contribution in [-0.2, 0) is 14.2 Å². The third kappa shape index (κ3) is 5.36. The van der Waals surface area contributed by atoms with E-state index in [0.717, 1.165) is 97.3 Å². The Bertz CT molecular complexity index is 1460. The summed E-state index contributed by atoms with van der Waals surface area (Å²) in [6, 6.07) is 0. The van der Waals surface area contributed by atoms with Crippen LogP contribution in [0.2, 0.25) is 0 Å². The van der Waals surface area contributed by atoms with Gasteiger partial charge < -0.3 is 34.0 Å². The molecule has 4 saturated heterocycles. The average Bonchev–Trinajstić information content (AvgIpc) is 3.71. The lowest BCUT2D eigenvalue weighted by Crippen LogP contribution is -2.60. The average molecular weight is 753 g/mol. The van der Waals surface area contributed by atoms with Crippen LogP contribution < -0.4 is 0 Å². The zero-order valence-electron chi connectivity index (χ0n) is 34.7. The van der Waals surface area contributed by atoms with Gasteiger partial charge in [-0.3, -0.25) is 4.90 Å². The van der Waals surface area contributed by atoms with Crippen molar-refractivity contribution in [2.45, 2.75) is 143 Å². The van der Waals surface area contributed by atoms with E-state index in [1.165, 1.54) is 32.4 Å². The summed E-state index contributed by atoms with van der Waals surface area (Å²) in [6.07, 6.45) is 9.50. The molecule has 10 heteroatoms. The minimum atomic E-state index is -0.547. The quantitative estimate of drug-likeness (QED) is 0.316. The number of hydrogen-bond acceptors (Lipinski definition) is 8. The maximum atomic E-state index is 13.7. The number of carbonyl (C=O) groups is 2. The molecule has 5 aliphatic carbocycles. The Morgan fingerprint density at radius 3 is 2.06 bits per heavy atom. The van der Waals surface area contributed by atoms with Gasteiger partial charge >= 0.3 is 12.2 Å². The normalized spacial score (nSPS) is 47.2. The van der Waals surface area contributed by atoms with Gasteiger partial charge in [-0.15, -0.1) is 0 Å². The van der Waals surface area contributed by atoms with Crippen molar-refractivity contribution in [2.75, 3.05) is 65.4 Å². The van der Waals surface area contributed by atoms with E-state index in [2.05, 4.69) is 58.3 Å². The van der Waals surface area contributed by atoms with Crippen molar-refractivity contribution in [3.8, 4) is 0 Å². The summed E-state index contributed by atoms with van der Waals surface area (Å²) in [7, 11) is 0. The van der Waals surface area contributed by atoms with Gasteiger partial charge in [-0.1, -0.05) is 48.5 Å². The largest absolute Gasteiger partial charge is 0.446 e. The van der Waals surface area contributed by atoms with Crippen LogP contribution in [0.5, 0.6) is 0 Å². The Balaban J connectivity index is 0.880. The third-order valence-electron chi connectivity index (χ3n) is 18.7. The van der Waals surface area contributed by atoms with Crippen molar-refractivity contribution in [1.82, 2.24) is 19.6 Å². The van der Waals surface area contributed by atoms with E-state index in [4.69, 9.17) is 14.2 Å². The molecular formula is C44H72N4O6. The second-order valence-corrected chi connectivity index (χ2v) is 21.4. The van der Waals surface area contributed by atoms with Crippen LogP contribution in [0.3, 0.4) is 0 Å². The topological polar surface area (TPSA) is 95.0 Å². The van der Waals surface area contributed by atoms with Crippen molar-refractivity contribution < 1.29 is 28.9 Å². The summed E-state index contributed by atoms with van der Waals surface area (Å²) < 4.78 is 19.8. The number of likely N-dealkylation sites (tertiary alicyclic amines) is 2. The van der Waals surface area contributed by atoms with E-state index in [1.807, 2.05) is 4.90 Å². The first-order chi connectivity index (χ1) is 25.7. The first kappa shape index (κ1) is 37.9. The van der Waals surface area contributed by atoms with Crippen molar-refractivity contribution in [2.24, 2.45) is 56.7 Å². The van der Waals surface area contributed by atoms with Gasteiger partial charge in [0.15, 0.2) is 0 Å². The molecule has 4 aliphatic heterocycles. The Kier molecular flexibility index (Phi) is 9.27. The fourth-order valence-electron chi connectivity index (χ4n) is 15.3. The highest BCUT2D eigenvalue weighted by atomic mass is 16.6. The van der Waals surface area contributed by atoms with Gasteiger partial charge in [0.2, 0.25) is 0 Å². The van der Waals surface area contributed by atoms with E-state index in [1.54, 1.807) is 4.90 Å². The molecule has 0 aromatic rings. The van der Waals surface area contributed by atoms with Gasteiger partial charge in [0.25, 0.3) is 0 Å². The summed E-state index contributed by atoms with van der Waals surface area (Å²) in [4.78, 5) is 35.4. The molecule has 1 N–H and O–H groups in total. The lowest BCUT2D eigenvalue weighted by atomic mass is 9.41. The molecule has 2 spiro atoms. The first-order valence-electron chi connectivity index (χ1n) is 22.4. The minimum absolute atomic E-state index is 0.0171. The zero-order valence-corrected chi connectivity index (χ0v) is 34.7. The molecule has 0 radical (unpaired) electrons. The maximum absolute atomic E-state index is 13.7. The van der Waals surface area contributed by atoms with Crippen LogP contribution in [0.25, 0.3) is 0 Å². The number of nitrogens with zero attached hydrogens (tertiary/aromatic N) is 4.